The van der Waals surface area contributed by atoms with Crippen LogP contribution in [-0.4, -0.2) is 33.3 Å². The van der Waals surface area contributed by atoms with Gasteiger partial charge in [0.25, 0.3) is 0 Å². The van der Waals surface area contributed by atoms with Gasteiger partial charge in [0.05, 0.1) is 17.0 Å². The van der Waals surface area contributed by atoms with Crippen LogP contribution >= 0.6 is 11.6 Å². The van der Waals surface area contributed by atoms with Gasteiger partial charge in [-0.25, -0.2) is 8.42 Å². The zero-order valence-electron chi connectivity index (χ0n) is 18.0. The number of amides is 1. The number of carbonyl (C=O) groups is 2. The lowest BCUT2D eigenvalue weighted by Gasteiger charge is -2.19. The molecule has 0 heterocycles. The van der Waals surface area contributed by atoms with E-state index in [0.29, 0.717) is 17.0 Å². The van der Waals surface area contributed by atoms with Crippen LogP contribution in [-0.2, 0) is 21.2 Å². The summed E-state index contributed by atoms with van der Waals surface area (Å²) in [5.41, 5.74) is 1.59. The van der Waals surface area contributed by atoms with Gasteiger partial charge in [-0.1, -0.05) is 54.1 Å². The van der Waals surface area contributed by atoms with E-state index in [1.807, 2.05) is 6.07 Å². The average molecular weight is 487 g/mol. The summed E-state index contributed by atoms with van der Waals surface area (Å²) in [5.74, 6) is -0.383. The van der Waals surface area contributed by atoms with Crippen molar-refractivity contribution in [1.29, 1.82) is 0 Å². The van der Waals surface area contributed by atoms with Crippen LogP contribution in [0.4, 0.5) is 5.69 Å². The van der Waals surface area contributed by atoms with Crippen molar-refractivity contribution in [2.75, 3.05) is 12.4 Å². The third-order valence-electron chi connectivity index (χ3n) is 4.87. The Morgan fingerprint density at radius 2 is 1.73 bits per heavy atom. The molecule has 0 saturated carbocycles. The van der Waals surface area contributed by atoms with Crippen molar-refractivity contribution < 1.29 is 22.7 Å². The first-order valence-corrected chi connectivity index (χ1v) is 11.9. The first-order valence-electron chi connectivity index (χ1n) is 10.0. The number of methoxy groups -OCH3 is 1. The first kappa shape index (κ1) is 24.4. The molecule has 1 atom stereocenters. The Kier molecular flexibility index (Phi) is 7.86. The third kappa shape index (κ3) is 6.41. The fourth-order valence-electron chi connectivity index (χ4n) is 3.15. The van der Waals surface area contributed by atoms with Crippen molar-refractivity contribution in [3.8, 4) is 5.75 Å². The summed E-state index contributed by atoms with van der Waals surface area (Å²) in [5, 5.41) is 2.83. The average Bonchev–Trinajstić information content (AvgIpc) is 2.79. The summed E-state index contributed by atoms with van der Waals surface area (Å²) in [6.45, 7) is 1.42. The van der Waals surface area contributed by atoms with Crippen LogP contribution in [0.2, 0.25) is 5.02 Å². The van der Waals surface area contributed by atoms with Crippen molar-refractivity contribution >= 4 is 39.0 Å². The SMILES string of the molecule is COc1ccc(S(=O)(=O)NC(Cc2ccccc2)C(=O)Nc2cccc(C(C)=O)c2)cc1Cl. The van der Waals surface area contributed by atoms with Gasteiger partial charge in [0.1, 0.15) is 11.8 Å². The highest BCUT2D eigenvalue weighted by Crippen LogP contribution is 2.27. The molecule has 0 aliphatic heterocycles. The van der Waals surface area contributed by atoms with Gasteiger partial charge in [-0.3, -0.25) is 9.59 Å². The molecule has 0 spiro atoms. The number of hydrogen-bond donors (Lipinski definition) is 2. The highest BCUT2D eigenvalue weighted by molar-refractivity contribution is 7.89. The Bertz CT molecular complexity index is 1260. The third-order valence-corrected chi connectivity index (χ3v) is 6.63. The van der Waals surface area contributed by atoms with Gasteiger partial charge in [0.15, 0.2) is 5.78 Å². The van der Waals surface area contributed by atoms with Crippen LogP contribution < -0.4 is 14.8 Å². The van der Waals surface area contributed by atoms with Crippen molar-refractivity contribution in [3.05, 3.63) is 88.9 Å². The van der Waals surface area contributed by atoms with E-state index in [1.165, 1.54) is 38.3 Å². The molecule has 172 valence electrons. The molecular weight excluding hydrogens is 464 g/mol. The molecule has 0 aliphatic carbocycles. The van der Waals surface area contributed by atoms with E-state index in [1.54, 1.807) is 42.5 Å². The monoisotopic (exact) mass is 486 g/mol. The number of rotatable bonds is 9. The fourth-order valence-corrected chi connectivity index (χ4v) is 4.70. The molecule has 0 aromatic heterocycles. The summed E-state index contributed by atoms with van der Waals surface area (Å²) in [6.07, 6.45) is 0.113. The maximum Gasteiger partial charge on any atom is 0.242 e. The number of ketones is 1. The maximum absolute atomic E-state index is 13.1. The number of nitrogens with one attached hydrogen (secondary N) is 2. The Balaban J connectivity index is 1.89. The van der Waals surface area contributed by atoms with E-state index in [9.17, 15) is 18.0 Å². The van der Waals surface area contributed by atoms with E-state index < -0.39 is 22.0 Å². The zero-order valence-corrected chi connectivity index (χ0v) is 19.6. The highest BCUT2D eigenvalue weighted by Gasteiger charge is 2.27. The van der Waals surface area contributed by atoms with Crippen LogP contribution in [0.25, 0.3) is 0 Å². The van der Waals surface area contributed by atoms with Crippen LogP contribution in [0, 0.1) is 0 Å². The molecule has 0 bridgehead atoms. The van der Waals surface area contributed by atoms with Crippen LogP contribution in [0.3, 0.4) is 0 Å². The lowest BCUT2D eigenvalue weighted by molar-refractivity contribution is -0.117. The summed E-state index contributed by atoms with van der Waals surface area (Å²) in [7, 11) is -2.67. The van der Waals surface area contributed by atoms with E-state index >= 15 is 0 Å². The van der Waals surface area contributed by atoms with Crippen LogP contribution in [0.5, 0.6) is 5.75 Å². The molecular formula is C24H23ClN2O5S. The van der Waals surface area contributed by atoms with Crippen molar-refractivity contribution in [2.24, 2.45) is 0 Å². The molecule has 0 saturated heterocycles. The number of carbonyl (C=O) groups excluding carboxylic acids is 2. The quantitative estimate of drug-likeness (QED) is 0.444. The Morgan fingerprint density at radius 1 is 1.00 bits per heavy atom. The van der Waals surface area contributed by atoms with Crippen molar-refractivity contribution in [2.45, 2.75) is 24.3 Å². The van der Waals surface area contributed by atoms with Crippen LogP contribution in [0.15, 0.2) is 77.7 Å². The fraction of sp³-hybridized carbons (Fsp3) is 0.167. The molecule has 9 heteroatoms. The van der Waals surface area contributed by atoms with Crippen molar-refractivity contribution in [3.63, 3.8) is 0 Å². The minimum Gasteiger partial charge on any atom is -0.495 e. The second-order valence-electron chi connectivity index (χ2n) is 7.29. The molecule has 2 N–H and O–H groups in total. The van der Waals surface area contributed by atoms with E-state index in [-0.39, 0.29) is 22.1 Å². The van der Waals surface area contributed by atoms with Gasteiger partial charge in [-0.2, -0.15) is 4.72 Å². The normalized spacial score (nSPS) is 12.1. The first-order chi connectivity index (χ1) is 15.7. The zero-order chi connectivity index (χ0) is 24.0. The molecule has 0 fully saturated rings. The number of Topliss-reactive ketones (excluding diaryl/α,β-unsaturated/α-hetero) is 1. The molecule has 1 unspecified atom stereocenters. The standard InChI is InChI=1S/C24H23ClN2O5S/c1-16(28)18-9-6-10-19(14-18)26-24(29)22(13-17-7-4-3-5-8-17)27-33(30,31)20-11-12-23(32-2)21(25)15-20/h3-12,14-15,22,27H,13H2,1-2H3,(H,26,29). The molecule has 0 aliphatic rings. The summed E-state index contributed by atoms with van der Waals surface area (Å²) in [4.78, 5) is 24.7. The second kappa shape index (κ2) is 10.6. The summed E-state index contributed by atoms with van der Waals surface area (Å²) >= 11 is 6.09. The second-order valence-corrected chi connectivity index (χ2v) is 9.41. The Hall–Kier alpha value is -3.20. The van der Waals surface area contributed by atoms with E-state index in [4.69, 9.17) is 16.3 Å². The molecule has 33 heavy (non-hydrogen) atoms. The molecule has 0 radical (unpaired) electrons. The number of benzene rings is 3. The summed E-state index contributed by atoms with van der Waals surface area (Å²) < 4.78 is 33.6. The van der Waals surface area contributed by atoms with Crippen LogP contribution in [0.1, 0.15) is 22.8 Å². The molecule has 3 aromatic carbocycles. The molecule has 7 nitrogen and oxygen atoms in total. The molecule has 3 rings (SSSR count). The minimum absolute atomic E-state index is 0.0993. The minimum atomic E-state index is -4.09. The number of hydrogen-bond acceptors (Lipinski definition) is 5. The van der Waals surface area contributed by atoms with Gasteiger partial charge < -0.3 is 10.1 Å². The van der Waals surface area contributed by atoms with Gasteiger partial charge in [0, 0.05) is 11.3 Å². The predicted octanol–water partition coefficient (Wildman–Crippen LogP) is 4.08. The maximum atomic E-state index is 13.1. The Morgan fingerprint density at radius 3 is 2.36 bits per heavy atom. The smallest absolute Gasteiger partial charge is 0.242 e. The lowest BCUT2D eigenvalue weighted by atomic mass is 10.1. The van der Waals surface area contributed by atoms with Crippen molar-refractivity contribution in [1.82, 2.24) is 4.72 Å². The van der Waals surface area contributed by atoms with Gasteiger partial charge in [-0.05, 0) is 49.2 Å². The number of sulfonamides is 1. The number of halogens is 1. The summed E-state index contributed by atoms with van der Waals surface area (Å²) in [6, 6.07) is 18.4. The largest absolute Gasteiger partial charge is 0.495 e. The topological polar surface area (TPSA) is 102 Å². The number of anilines is 1. The predicted molar refractivity (Wildman–Crippen MR) is 127 cm³/mol. The molecule has 3 aromatic rings. The lowest BCUT2D eigenvalue weighted by Crippen LogP contribution is -2.45. The highest BCUT2D eigenvalue weighted by atomic mass is 35.5. The van der Waals surface area contributed by atoms with E-state index in [2.05, 4.69) is 10.0 Å². The Labute approximate surface area is 197 Å². The number of ether oxygens (including phenoxy) is 1. The van der Waals surface area contributed by atoms with Gasteiger partial charge in [-0.15, -0.1) is 0 Å². The molecule has 1 amide bonds. The van der Waals surface area contributed by atoms with Gasteiger partial charge >= 0.3 is 0 Å². The van der Waals surface area contributed by atoms with Gasteiger partial charge in [0.2, 0.25) is 15.9 Å². The van der Waals surface area contributed by atoms with E-state index in [0.717, 1.165) is 5.56 Å².